The number of hydrogen-bond acceptors (Lipinski definition) is 8. The number of aromatic nitrogens is 4. The standard InChI is InChI=1S/C25H23N5O3S/c1-31-20-7-6-15(12-21(20)32-2)22-13-19-23(34-22)25(30-8-10-33-11-9-30)28-24(27-19)16-4-3-5-18-17(16)14-26-29-18/h3-7,12-14H,8-11H2,1-2H3,(H,26,29). The number of morpholine rings is 1. The zero-order chi connectivity index (χ0) is 23.1. The minimum Gasteiger partial charge on any atom is -0.493 e. The van der Waals surface area contributed by atoms with E-state index in [1.807, 2.05) is 42.6 Å². The summed E-state index contributed by atoms with van der Waals surface area (Å²) in [4.78, 5) is 13.5. The molecule has 0 spiro atoms. The average Bonchev–Trinajstić information content (AvgIpc) is 3.55. The van der Waals surface area contributed by atoms with Crippen LogP contribution in [0.5, 0.6) is 11.5 Å². The number of H-pyrrole nitrogens is 1. The van der Waals surface area contributed by atoms with Crippen LogP contribution >= 0.6 is 11.3 Å². The van der Waals surface area contributed by atoms with Crippen LogP contribution in [0.2, 0.25) is 0 Å². The van der Waals surface area contributed by atoms with Crippen LogP contribution in [-0.2, 0) is 4.74 Å². The summed E-state index contributed by atoms with van der Waals surface area (Å²) in [7, 11) is 3.29. The lowest BCUT2D eigenvalue weighted by molar-refractivity contribution is 0.122. The number of hydrogen-bond donors (Lipinski definition) is 1. The quantitative estimate of drug-likeness (QED) is 0.394. The Balaban J connectivity index is 1.54. The van der Waals surface area contributed by atoms with Crippen LogP contribution in [0.15, 0.2) is 48.7 Å². The van der Waals surface area contributed by atoms with Gasteiger partial charge in [0.1, 0.15) is 0 Å². The fourth-order valence-electron chi connectivity index (χ4n) is 4.32. The molecule has 9 heteroatoms. The third-order valence-corrected chi connectivity index (χ3v) is 7.23. The van der Waals surface area contributed by atoms with Gasteiger partial charge in [0.25, 0.3) is 0 Å². The topological polar surface area (TPSA) is 85.4 Å². The molecule has 8 nitrogen and oxygen atoms in total. The largest absolute Gasteiger partial charge is 0.493 e. The summed E-state index contributed by atoms with van der Waals surface area (Å²) >= 11 is 1.69. The molecule has 5 aromatic rings. The second kappa shape index (κ2) is 8.58. The molecule has 1 N–H and O–H groups in total. The zero-order valence-electron chi connectivity index (χ0n) is 18.9. The van der Waals surface area contributed by atoms with Gasteiger partial charge in [0.15, 0.2) is 23.1 Å². The molecular weight excluding hydrogens is 450 g/mol. The molecule has 0 unspecified atom stereocenters. The Morgan fingerprint density at radius 3 is 2.68 bits per heavy atom. The molecule has 1 fully saturated rings. The lowest BCUT2D eigenvalue weighted by atomic mass is 10.1. The maximum Gasteiger partial charge on any atom is 0.162 e. The van der Waals surface area contributed by atoms with Crippen molar-refractivity contribution in [1.29, 1.82) is 0 Å². The van der Waals surface area contributed by atoms with Crippen LogP contribution < -0.4 is 14.4 Å². The molecule has 0 amide bonds. The van der Waals surface area contributed by atoms with E-state index in [0.29, 0.717) is 30.5 Å². The highest BCUT2D eigenvalue weighted by Gasteiger charge is 2.21. The summed E-state index contributed by atoms with van der Waals surface area (Å²) in [6.07, 6.45) is 1.83. The van der Waals surface area contributed by atoms with Gasteiger partial charge in [-0.3, -0.25) is 5.10 Å². The first kappa shape index (κ1) is 20.9. The second-order valence-electron chi connectivity index (χ2n) is 8.00. The van der Waals surface area contributed by atoms with Gasteiger partial charge in [0, 0.05) is 28.9 Å². The highest BCUT2D eigenvalue weighted by molar-refractivity contribution is 7.22. The van der Waals surface area contributed by atoms with Crippen LogP contribution in [0.25, 0.3) is 42.9 Å². The summed E-state index contributed by atoms with van der Waals surface area (Å²) in [5.41, 5.74) is 3.89. The average molecular weight is 474 g/mol. The highest BCUT2D eigenvalue weighted by Crippen LogP contribution is 2.41. The first-order valence-electron chi connectivity index (χ1n) is 11.0. The van der Waals surface area contributed by atoms with Crippen molar-refractivity contribution in [3.8, 4) is 33.3 Å². The minimum atomic E-state index is 0.687. The molecule has 0 atom stereocenters. The van der Waals surface area contributed by atoms with Crippen molar-refractivity contribution < 1.29 is 14.2 Å². The SMILES string of the molecule is COc1ccc(-c2cc3nc(-c4cccc5[nH]ncc45)nc(N4CCOCC4)c3s2)cc1OC. The Bertz CT molecular complexity index is 1490. The van der Waals surface area contributed by atoms with E-state index < -0.39 is 0 Å². The van der Waals surface area contributed by atoms with E-state index in [4.69, 9.17) is 24.2 Å². The lowest BCUT2D eigenvalue weighted by Crippen LogP contribution is -2.36. The van der Waals surface area contributed by atoms with Crippen molar-refractivity contribution >= 4 is 38.3 Å². The fraction of sp³-hybridized carbons (Fsp3) is 0.240. The number of methoxy groups -OCH3 is 2. The summed E-state index contributed by atoms with van der Waals surface area (Å²) in [6.45, 7) is 2.97. The molecule has 1 saturated heterocycles. The van der Waals surface area contributed by atoms with E-state index in [9.17, 15) is 0 Å². The summed E-state index contributed by atoms with van der Waals surface area (Å²) in [6, 6.07) is 14.2. The van der Waals surface area contributed by atoms with Gasteiger partial charge in [-0.2, -0.15) is 5.10 Å². The van der Waals surface area contributed by atoms with Gasteiger partial charge in [-0.1, -0.05) is 12.1 Å². The van der Waals surface area contributed by atoms with Gasteiger partial charge < -0.3 is 19.1 Å². The maximum absolute atomic E-state index is 5.60. The number of aromatic amines is 1. The van der Waals surface area contributed by atoms with Gasteiger partial charge in [0.05, 0.1) is 49.4 Å². The number of nitrogens with one attached hydrogen (secondary N) is 1. The zero-order valence-corrected chi connectivity index (χ0v) is 19.7. The molecule has 2 aromatic carbocycles. The molecule has 1 aliphatic heterocycles. The number of nitrogens with zero attached hydrogens (tertiary/aromatic N) is 4. The molecule has 4 heterocycles. The second-order valence-corrected chi connectivity index (χ2v) is 9.05. The predicted molar refractivity (Wildman–Crippen MR) is 134 cm³/mol. The van der Waals surface area contributed by atoms with Crippen molar-refractivity contribution in [3.63, 3.8) is 0 Å². The number of benzene rings is 2. The van der Waals surface area contributed by atoms with Crippen molar-refractivity contribution in [2.24, 2.45) is 0 Å². The molecule has 172 valence electrons. The van der Waals surface area contributed by atoms with Gasteiger partial charge in [-0.05, 0) is 35.9 Å². The Kier molecular flexibility index (Phi) is 5.27. The van der Waals surface area contributed by atoms with Crippen LogP contribution in [0.1, 0.15) is 0 Å². The minimum absolute atomic E-state index is 0.687. The van der Waals surface area contributed by atoms with E-state index in [1.54, 1.807) is 25.6 Å². The van der Waals surface area contributed by atoms with Gasteiger partial charge in [0.2, 0.25) is 0 Å². The molecule has 0 bridgehead atoms. The molecule has 1 aliphatic rings. The van der Waals surface area contributed by atoms with E-state index in [-0.39, 0.29) is 0 Å². The highest BCUT2D eigenvalue weighted by atomic mass is 32.1. The summed E-state index contributed by atoms with van der Waals surface area (Å²) in [5.74, 6) is 3.04. The molecular formula is C25H23N5O3S. The van der Waals surface area contributed by atoms with Crippen LogP contribution in [0.4, 0.5) is 5.82 Å². The first-order valence-corrected chi connectivity index (χ1v) is 11.9. The van der Waals surface area contributed by atoms with Gasteiger partial charge in [-0.25, -0.2) is 9.97 Å². The number of fused-ring (bicyclic) bond motifs is 2. The predicted octanol–water partition coefficient (Wildman–Crippen LogP) is 4.76. The van der Waals surface area contributed by atoms with E-state index in [2.05, 4.69) is 21.2 Å². The van der Waals surface area contributed by atoms with E-state index in [1.165, 1.54) is 0 Å². The third kappa shape index (κ3) is 3.53. The van der Waals surface area contributed by atoms with Crippen LogP contribution in [0, 0.1) is 0 Å². The maximum atomic E-state index is 5.60. The van der Waals surface area contributed by atoms with Gasteiger partial charge >= 0.3 is 0 Å². The Morgan fingerprint density at radius 1 is 1.00 bits per heavy atom. The van der Waals surface area contributed by atoms with Crippen LogP contribution in [-0.4, -0.2) is 60.7 Å². The lowest BCUT2D eigenvalue weighted by Gasteiger charge is -2.28. The van der Waals surface area contributed by atoms with Crippen molar-refractivity contribution in [3.05, 3.63) is 48.7 Å². The Labute approximate surface area is 200 Å². The molecule has 0 radical (unpaired) electrons. The smallest absolute Gasteiger partial charge is 0.162 e. The Morgan fingerprint density at radius 2 is 1.85 bits per heavy atom. The third-order valence-electron chi connectivity index (χ3n) is 6.06. The molecule has 34 heavy (non-hydrogen) atoms. The van der Waals surface area contributed by atoms with E-state index in [0.717, 1.165) is 56.0 Å². The summed E-state index contributed by atoms with van der Waals surface area (Å²) in [5, 5.41) is 8.25. The van der Waals surface area contributed by atoms with Crippen molar-refractivity contribution in [2.75, 3.05) is 45.4 Å². The molecule has 6 rings (SSSR count). The number of anilines is 1. The summed E-state index contributed by atoms with van der Waals surface area (Å²) < 4.78 is 17.6. The monoisotopic (exact) mass is 473 g/mol. The number of ether oxygens (including phenoxy) is 3. The van der Waals surface area contributed by atoms with Crippen LogP contribution in [0.3, 0.4) is 0 Å². The molecule has 3 aromatic heterocycles. The molecule has 0 saturated carbocycles. The first-order chi connectivity index (χ1) is 16.7. The van der Waals surface area contributed by atoms with Crippen molar-refractivity contribution in [2.45, 2.75) is 0 Å². The van der Waals surface area contributed by atoms with Crippen molar-refractivity contribution in [1.82, 2.24) is 20.2 Å². The fourth-order valence-corrected chi connectivity index (χ4v) is 5.43. The normalized spacial score (nSPS) is 14.1. The number of rotatable bonds is 5. The van der Waals surface area contributed by atoms with Gasteiger partial charge in [-0.15, -0.1) is 11.3 Å². The number of thiophene rings is 1. The molecule has 0 aliphatic carbocycles. The van der Waals surface area contributed by atoms with E-state index >= 15 is 0 Å². The Hall–Kier alpha value is -3.69.